The molecule has 4 heteroatoms. The van der Waals surface area contributed by atoms with Gasteiger partial charge in [0.1, 0.15) is 0 Å². The summed E-state index contributed by atoms with van der Waals surface area (Å²) in [5.74, 6) is 0. The monoisotopic (exact) mass is 292 g/mol. The molecule has 0 aliphatic carbocycles. The number of benzene rings is 1. The van der Waals surface area contributed by atoms with E-state index in [0.717, 1.165) is 23.5 Å². The van der Waals surface area contributed by atoms with Crippen molar-refractivity contribution in [1.82, 2.24) is 9.78 Å². The Bertz CT molecular complexity index is 576. The zero-order chi connectivity index (χ0) is 14.8. The van der Waals surface area contributed by atoms with Gasteiger partial charge in [-0.25, -0.2) is 0 Å². The predicted octanol–water partition coefficient (Wildman–Crippen LogP) is 3.40. The van der Waals surface area contributed by atoms with Crippen molar-refractivity contribution in [2.24, 2.45) is 0 Å². The van der Waals surface area contributed by atoms with Crippen LogP contribution in [0.15, 0.2) is 30.3 Å². The van der Waals surface area contributed by atoms with Crippen molar-refractivity contribution in [1.29, 1.82) is 0 Å². The number of aromatic nitrogens is 2. The first-order chi connectivity index (χ1) is 9.43. The molecule has 0 amide bonds. The summed E-state index contributed by atoms with van der Waals surface area (Å²) >= 11 is 6.31. The van der Waals surface area contributed by atoms with Gasteiger partial charge < -0.3 is 5.11 Å². The lowest BCUT2D eigenvalue weighted by Gasteiger charge is -2.24. The topological polar surface area (TPSA) is 38.0 Å². The number of halogens is 1. The highest BCUT2D eigenvalue weighted by atomic mass is 35.5. The molecule has 1 atom stereocenters. The first kappa shape index (κ1) is 15.1. The Labute approximate surface area is 125 Å². The van der Waals surface area contributed by atoms with Gasteiger partial charge in [0.05, 0.1) is 22.0 Å². The predicted molar refractivity (Wildman–Crippen MR) is 82.1 cm³/mol. The summed E-state index contributed by atoms with van der Waals surface area (Å²) in [6.45, 7) is 6.52. The third kappa shape index (κ3) is 3.41. The van der Waals surface area contributed by atoms with E-state index >= 15 is 0 Å². The second-order valence-electron chi connectivity index (χ2n) is 5.50. The summed E-state index contributed by atoms with van der Waals surface area (Å²) < 4.78 is 1.87. The molecule has 1 N–H and O–H groups in total. The van der Waals surface area contributed by atoms with Crippen molar-refractivity contribution in [3.63, 3.8) is 0 Å². The Morgan fingerprint density at radius 3 is 2.50 bits per heavy atom. The number of hydrogen-bond acceptors (Lipinski definition) is 2. The Kier molecular flexibility index (Phi) is 4.51. The van der Waals surface area contributed by atoms with E-state index in [-0.39, 0.29) is 0 Å². The number of nitrogens with zero attached hydrogens (tertiary/aromatic N) is 2. The minimum Gasteiger partial charge on any atom is -0.389 e. The number of aliphatic hydroxyl groups is 1. The maximum Gasteiger partial charge on any atom is 0.0848 e. The Balaban J connectivity index is 2.20. The highest BCUT2D eigenvalue weighted by Gasteiger charge is 2.26. The molecule has 0 fully saturated rings. The maximum atomic E-state index is 10.7. The summed E-state index contributed by atoms with van der Waals surface area (Å²) in [7, 11) is 0. The first-order valence-electron chi connectivity index (χ1n) is 6.91. The molecule has 0 bridgehead atoms. The van der Waals surface area contributed by atoms with E-state index in [2.05, 4.69) is 5.10 Å². The molecular weight excluding hydrogens is 272 g/mol. The van der Waals surface area contributed by atoms with Gasteiger partial charge in [-0.3, -0.25) is 4.68 Å². The highest BCUT2D eigenvalue weighted by Crippen LogP contribution is 2.26. The van der Waals surface area contributed by atoms with Crippen LogP contribution in [0.4, 0.5) is 0 Å². The van der Waals surface area contributed by atoms with Crippen LogP contribution < -0.4 is 0 Å². The van der Waals surface area contributed by atoms with Crippen LogP contribution in [-0.4, -0.2) is 20.5 Å². The van der Waals surface area contributed by atoms with Crippen molar-refractivity contribution in [3.8, 4) is 0 Å². The lowest BCUT2D eigenvalue weighted by atomic mass is 9.91. The van der Waals surface area contributed by atoms with Crippen molar-refractivity contribution >= 4 is 11.6 Å². The third-order valence-corrected chi connectivity index (χ3v) is 3.92. The lowest BCUT2D eigenvalue weighted by Crippen LogP contribution is -2.31. The van der Waals surface area contributed by atoms with Gasteiger partial charge >= 0.3 is 0 Å². The molecule has 2 aromatic rings. The molecule has 1 unspecified atom stereocenters. The standard InChI is InChI=1S/C16H21ClN2O/c1-4-19-14(15(17)12(2)18-19)11-16(3,20)10-13-8-6-5-7-9-13/h5-9,20H,4,10-11H2,1-3H3. The Morgan fingerprint density at radius 2 is 1.90 bits per heavy atom. The second-order valence-corrected chi connectivity index (χ2v) is 5.88. The lowest BCUT2D eigenvalue weighted by molar-refractivity contribution is 0.0587. The minimum atomic E-state index is -0.843. The van der Waals surface area contributed by atoms with Crippen LogP contribution in [0.25, 0.3) is 0 Å². The molecule has 20 heavy (non-hydrogen) atoms. The van der Waals surface area contributed by atoms with E-state index in [9.17, 15) is 5.11 Å². The van der Waals surface area contributed by atoms with Crippen molar-refractivity contribution in [2.75, 3.05) is 0 Å². The van der Waals surface area contributed by atoms with E-state index in [0.29, 0.717) is 17.9 Å². The quantitative estimate of drug-likeness (QED) is 0.917. The average molecular weight is 293 g/mol. The highest BCUT2D eigenvalue weighted by molar-refractivity contribution is 6.31. The molecule has 0 aliphatic heterocycles. The maximum absolute atomic E-state index is 10.7. The van der Waals surface area contributed by atoms with E-state index in [1.54, 1.807) is 0 Å². The molecule has 3 nitrogen and oxygen atoms in total. The van der Waals surface area contributed by atoms with Crippen molar-refractivity contribution in [2.45, 2.75) is 45.8 Å². The van der Waals surface area contributed by atoms with Crippen molar-refractivity contribution in [3.05, 3.63) is 52.3 Å². The van der Waals surface area contributed by atoms with E-state index < -0.39 is 5.60 Å². The minimum absolute atomic E-state index is 0.495. The molecule has 1 aromatic carbocycles. The van der Waals surface area contributed by atoms with Crippen LogP contribution in [0.5, 0.6) is 0 Å². The fourth-order valence-electron chi connectivity index (χ4n) is 2.50. The fourth-order valence-corrected chi connectivity index (χ4v) is 2.70. The molecule has 0 aliphatic rings. The van der Waals surface area contributed by atoms with Crippen LogP contribution >= 0.6 is 11.6 Å². The summed E-state index contributed by atoms with van der Waals surface area (Å²) in [5.41, 5.74) is 2.00. The van der Waals surface area contributed by atoms with Gasteiger partial charge in [-0.15, -0.1) is 0 Å². The molecule has 0 spiro atoms. The molecule has 1 aromatic heterocycles. The van der Waals surface area contributed by atoms with Crippen LogP contribution in [0, 0.1) is 6.92 Å². The second kappa shape index (κ2) is 5.98. The SMILES string of the molecule is CCn1nc(C)c(Cl)c1CC(C)(O)Cc1ccccc1. The number of rotatable bonds is 5. The van der Waals surface area contributed by atoms with Crippen LogP contribution in [0.1, 0.15) is 30.8 Å². The van der Waals surface area contributed by atoms with Gasteiger partial charge in [0.15, 0.2) is 0 Å². The van der Waals surface area contributed by atoms with Gasteiger partial charge in [-0.05, 0) is 26.3 Å². The molecule has 0 saturated carbocycles. The Morgan fingerprint density at radius 1 is 1.25 bits per heavy atom. The molecule has 108 valence electrons. The summed E-state index contributed by atoms with van der Waals surface area (Å²) in [6, 6.07) is 10.00. The average Bonchev–Trinajstić information content (AvgIpc) is 2.66. The number of hydrogen-bond donors (Lipinski definition) is 1. The van der Waals surface area contributed by atoms with E-state index in [4.69, 9.17) is 11.6 Å². The smallest absolute Gasteiger partial charge is 0.0848 e. The summed E-state index contributed by atoms with van der Waals surface area (Å²) in [4.78, 5) is 0. The van der Waals surface area contributed by atoms with E-state index in [1.807, 2.05) is 55.8 Å². The summed E-state index contributed by atoms with van der Waals surface area (Å²) in [5, 5.41) is 15.7. The third-order valence-electron chi connectivity index (χ3n) is 3.43. The van der Waals surface area contributed by atoms with Crippen molar-refractivity contribution < 1.29 is 5.11 Å². The molecular formula is C16H21ClN2O. The van der Waals surface area contributed by atoms with Crippen LogP contribution in [-0.2, 0) is 19.4 Å². The normalized spacial score (nSPS) is 14.2. The van der Waals surface area contributed by atoms with Gasteiger partial charge in [0.25, 0.3) is 0 Å². The number of aryl methyl sites for hydroxylation is 2. The van der Waals surface area contributed by atoms with Gasteiger partial charge in [0.2, 0.25) is 0 Å². The van der Waals surface area contributed by atoms with E-state index in [1.165, 1.54) is 0 Å². The molecule has 2 rings (SSSR count). The van der Waals surface area contributed by atoms with Crippen LogP contribution in [0.2, 0.25) is 5.02 Å². The van der Waals surface area contributed by atoms with Gasteiger partial charge in [0, 0.05) is 19.4 Å². The fraction of sp³-hybridized carbons (Fsp3) is 0.438. The van der Waals surface area contributed by atoms with Gasteiger partial charge in [-0.1, -0.05) is 41.9 Å². The zero-order valence-corrected chi connectivity index (χ0v) is 13.0. The molecule has 0 radical (unpaired) electrons. The molecule has 0 saturated heterocycles. The zero-order valence-electron chi connectivity index (χ0n) is 12.2. The Hall–Kier alpha value is -1.32. The van der Waals surface area contributed by atoms with Crippen LogP contribution in [0.3, 0.4) is 0 Å². The van der Waals surface area contributed by atoms with Gasteiger partial charge in [-0.2, -0.15) is 5.10 Å². The largest absolute Gasteiger partial charge is 0.389 e. The first-order valence-corrected chi connectivity index (χ1v) is 7.29. The molecule has 1 heterocycles. The summed E-state index contributed by atoms with van der Waals surface area (Å²) in [6.07, 6.45) is 1.09.